The summed E-state index contributed by atoms with van der Waals surface area (Å²) < 4.78 is 28.9. The summed E-state index contributed by atoms with van der Waals surface area (Å²) in [6.07, 6.45) is 2.06. The summed E-state index contributed by atoms with van der Waals surface area (Å²) in [7, 11) is -3.72. The lowest BCUT2D eigenvalue weighted by molar-refractivity contribution is -0.138. The van der Waals surface area contributed by atoms with E-state index < -0.39 is 21.5 Å². The number of rotatable bonds is 5. The lowest BCUT2D eigenvalue weighted by Crippen LogP contribution is -2.42. The van der Waals surface area contributed by atoms with Crippen LogP contribution in [0.5, 0.6) is 0 Å². The monoisotopic (exact) mass is 329 g/mol. The molecule has 0 radical (unpaired) electrons. The molecule has 8 heteroatoms. The smallest absolute Gasteiger partial charge is 0.303 e. The molecule has 0 amide bonds. The van der Waals surface area contributed by atoms with Crippen molar-refractivity contribution in [1.29, 1.82) is 0 Å². The number of hydrogen-bond acceptors (Lipinski definition) is 4. The maximum atomic E-state index is 12.9. The molecule has 2 heterocycles. The number of imidazole rings is 1. The molecule has 0 aromatic carbocycles. The average molecular weight is 329 g/mol. The van der Waals surface area contributed by atoms with Crippen LogP contribution in [0.1, 0.15) is 39.4 Å². The highest BCUT2D eigenvalue weighted by Crippen LogP contribution is 2.38. The van der Waals surface area contributed by atoms with Gasteiger partial charge < -0.3 is 9.67 Å². The zero-order valence-electron chi connectivity index (χ0n) is 13.4. The van der Waals surface area contributed by atoms with Gasteiger partial charge in [-0.2, -0.15) is 4.31 Å². The molecular weight excluding hydrogens is 306 g/mol. The molecule has 1 saturated heterocycles. The molecule has 0 aliphatic carbocycles. The van der Waals surface area contributed by atoms with Crippen molar-refractivity contribution in [2.75, 3.05) is 6.54 Å². The molecule has 1 aromatic heterocycles. The predicted octanol–water partition coefficient (Wildman–Crippen LogP) is 1.48. The second kappa shape index (κ2) is 5.66. The third-order valence-corrected chi connectivity index (χ3v) is 6.15. The SMILES string of the molecule is CCn1cc(S(=O)(=O)N2CC(CC(=O)O)CC2(C)C)nc1C. The largest absolute Gasteiger partial charge is 0.481 e. The van der Waals surface area contributed by atoms with E-state index in [0.29, 0.717) is 18.8 Å². The van der Waals surface area contributed by atoms with Gasteiger partial charge in [-0.25, -0.2) is 13.4 Å². The van der Waals surface area contributed by atoms with Crippen molar-refractivity contribution in [3.8, 4) is 0 Å². The number of aromatic nitrogens is 2. The topological polar surface area (TPSA) is 92.5 Å². The predicted molar refractivity (Wildman–Crippen MR) is 81.0 cm³/mol. The third kappa shape index (κ3) is 3.03. The number of carbonyl (C=O) groups is 1. The van der Waals surface area contributed by atoms with Crippen LogP contribution in [0.15, 0.2) is 11.2 Å². The van der Waals surface area contributed by atoms with Crippen molar-refractivity contribution in [3.05, 3.63) is 12.0 Å². The Balaban J connectivity index is 2.33. The van der Waals surface area contributed by atoms with Crippen molar-refractivity contribution in [1.82, 2.24) is 13.9 Å². The molecule has 124 valence electrons. The second-order valence-corrected chi connectivity index (χ2v) is 8.24. The van der Waals surface area contributed by atoms with Gasteiger partial charge >= 0.3 is 5.97 Å². The van der Waals surface area contributed by atoms with E-state index in [4.69, 9.17) is 5.11 Å². The molecule has 2 rings (SSSR count). The number of aryl methyl sites for hydroxylation is 2. The Bertz CT molecular complexity index is 678. The van der Waals surface area contributed by atoms with Gasteiger partial charge in [-0.05, 0) is 40.0 Å². The first-order valence-electron chi connectivity index (χ1n) is 7.36. The first-order chi connectivity index (χ1) is 10.1. The van der Waals surface area contributed by atoms with Crippen molar-refractivity contribution in [2.24, 2.45) is 5.92 Å². The van der Waals surface area contributed by atoms with Gasteiger partial charge in [-0.15, -0.1) is 0 Å². The fourth-order valence-corrected chi connectivity index (χ4v) is 5.06. The molecule has 1 aliphatic heterocycles. The van der Waals surface area contributed by atoms with E-state index >= 15 is 0 Å². The summed E-state index contributed by atoms with van der Waals surface area (Å²) in [6, 6.07) is 0. The van der Waals surface area contributed by atoms with Crippen LogP contribution >= 0.6 is 0 Å². The second-order valence-electron chi connectivity index (χ2n) is 6.43. The van der Waals surface area contributed by atoms with E-state index in [2.05, 4.69) is 4.98 Å². The van der Waals surface area contributed by atoms with Crippen LogP contribution in [0.3, 0.4) is 0 Å². The first kappa shape index (κ1) is 17.0. The Morgan fingerprint density at radius 2 is 2.14 bits per heavy atom. The number of carboxylic acids is 1. The molecule has 0 saturated carbocycles. The van der Waals surface area contributed by atoms with Gasteiger partial charge in [0, 0.05) is 31.2 Å². The maximum absolute atomic E-state index is 12.9. The highest BCUT2D eigenvalue weighted by Gasteiger charge is 2.46. The molecule has 0 spiro atoms. The molecule has 1 aliphatic rings. The number of aliphatic carboxylic acids is 1. The summed E-state index contributed by atoms with van der Waals surface area (Å²) in [5.41, 5.74) is -0.608. The Hall–Kier alpha value is -1.41. The summed E-state index contributed by atoms with van der Waals surface area (Å²) in [5, 5.41) is 8.98. The molecule has 1 fully saturated rings. The van der Waals surface area contributed by atoms with Gasteiger partial charge in [0.1, 0.15) is 5.82 Å². The van der Waals surface area contributed by atoms with Crippen molar-refractivity contribution >= 4 is 16.0 Å². The molecule has 1 aromatic rings. The van der Waals surface area contributed by atoms with Crippen LogP contribution in [0, 0.1) is 12.8 Å². The summed E-state index contributed by atoms with van der Waals surface area (Å²) in [4.78, 5) is 15.1. The molecule has 1 atom stereocenters. The van der Waals surface area contributed by atoms with Crippen LogP contribution in [0.2, 0.25) is 0 Å². The lowest BCUT2D eigenvalue weighted by Gasteiger charge is -2.29. The minimum atomic E-state index is -3.72. The standard InChI is InChI=1S/C14H23N3O4S/c1-5-16-9-12(15-10(16)2)22(20,21)17-8-11(6-13(18)19)7-14(17,3)4/h9,11H,5-8H2,1-4H3,(H,18,19). The van der Waals surface area contributed by atoms with Gasteiger partial charge in [-0.1, -0.05) is 0 Å². The number of sulfonamides is 1. The molecule has 7 nitrogen and oxygen atoms in total. The summed E-state index contributed by atoms with van der Waals surface area (Å²) in [6.45, 7) is 8.23. The highest BCUT2D eigenvalue weighted by molar-refractivity contribution is 7.89. The van der Waals surface area contributed by atoms with Gasteiger partial charge in [0.05, 0.1) is 0 Å². The van der Waals surface area contributed by atoms with E-state index in [1.165, 1.54) is 4.31 Å². The molecule has 0 bridgehead atoms. The average Bonchev–Trinajstić information content (AvgIpc) is 2.89. The molecule has 1 unspecified atom stereocenters. The van der Waals surface area contributed by atoms with Gasteiger partial charge in [-0.3, -0.25) is 4.79 Å². The van der Waals surface area contributed by atoms with Crippen LogP contribution in [0.25, 0.3) is 0 Å². The summed E-state index contributed by atoms with van der Waals surface area (Å²) in [5.74, 6) is -0.414. The van der Waals surface area contributed by atoms with Crippen molar-refractivity contribution in [2.45, 2.75) is 57.6 Å². The van der Waals surface area contributed by atoms with Crippen LogP contribution in [-0.4, -0.2) is 45.4 Å². The maximum Gasteiger partial charge on any atom is 0.303 e. The zero-order valence-corrected chi connectivity index (χ0v) is 14.2. The Labute approximate surface area is 131 Å². The summed E-state index contributed by atoms with van der Waals surface area (Å²) >= 11 is 0. The van der Waals surface area contributed by atoms with Gasteiger partial charge in [0.25, 0.3) is 10.0 Å². The van der Waals surface area contributed by atoms with E-state index in [-0.39, 0.29) is 23.9 Å². The highest BCUT2D eigenvalue weighted by atomic mass is 32.2. The Morgan fingerprint density at radius 3 is 2.64 bits per heavy atom. The van der Waals surface area contributed by atoms with Crippen LogP contribution in [-0.2, 0) is 21.4 Å². The fraction of sp³-hybridized carbons (Fsp3) is 0.714. The normalized spacial score (nSPS) is 22.1. The minimum absolute atomic E-state index is 0.0160. The Kier molecular flexibility index (Phi) is 4.36. The molecular formula is C14H23N3O4S. The van der Waals surface area contributed by atoms with E-state index in [1.54, 1.807) is 17.7 Å². The van der Waals surface area contributed by atoms with Crippen LogP contribution in [0.4, 0.5) is 0 Å². The third-order valence-electron chi connectivity index (χ3n) is 4.20. The van der Waals surface area contributed by atoms with Crippen molar-refractivity contribution in [3.63, 3.8) is 0 Å². The number of carboxylic acid groups (broad SMARTS) is 1. The van der Waals surface area contributed by atoms with Gasteiger partial charge in [0.2, 0.25) is 0 Å². The van der Waals surface area contributed by atoms with Crippen molar-refractivity contribution < 1.29 is 18.3 Å². The van der Waals surface area contributed by atoms with Crippen LogP contribution < -0.4 is 0 Å². The fourth-order valence-electron chi connectivity index (χ4n) is 3.20. The number of nitrogens with zero attached hydrogens (tertiary/aromatic N) is 3. The zero-order chi connectivity index (χ0) is 16.7. The first-order valence-corrected chi connectivity index (χ1v) is 8.80. The van der Waals surface area contributed by atoms with E-state index in [9.17, 15) is 13.2 Å². The molecule has 1 N–H and O–H groups in total. The van der Waals surface area contributed by atoms with E-state index in [0.717, 1.165) is 0 Å². The van der Waals surface area contributed by atoms with E-state index in [1.807, 2.05) is 20.8 Å². The van der Waals surface area contributed by atoms with Gasteiger partial charge in [0.15, 0.2) is 5.03 Å². The lowest BCUT2D eigenvalue weighted by atomic mass is 9.95. The Morgan fingerprint density at radius 1 is 1.50 bits per heavy atom. The number of hydrogen-bond donors (Lipinski definition) is 1. The molecule has 22 heavy (non-hydrogen) atoms. The minimum Gasteiger partial charge on any atom is -0.481 e. The quantitative estimate of drug-likeness (QED) is 0.883.